The van der Waals surface area contributed by atoms with Gasteiger partial charge in [-0.25, -0.2) is 0 Å². The fraction of sp³-hybridized carbons (Fsp3) is 0.625. The Balaban J connectivity index is 1.93. The van der Waals surface area contributed by atoms with Crippen molar-refractivity contribution in [3.63, 3.8) is 0 Å². The lowest BCUT2D eigenvalue weighted by Gasteiger charge is -2.40. The molecule has 0 aromatic heterocycles. The van der Waals surface area contributed by atoms with E-state index in [9.17, 15) is 0 Å². The van der Waals surface area contributed by atoms with Crippen LogP contribution >= 0.6 is 15.9 Å². The van der Waals surface area contributed by atoms with E-state index in [1.807, 2.05) is 0 Å². The van der Waals surface area contributed by atoms with Gasteiger partial charge in [0.2, 0.25) is 0 Å². The van der Waals surface area contributed by atoms with E-state index in [4.69, 9.17) is 0 Å². The Morgan fingerprint density at radius 3 is 2.89 bits per heavy atom. The van der Waals surface area contributed by atoms with E-state index in [0.717, 1.165) is 17.3 Å². The van der Waals surface area contributed by atoms with Crippen molar-refractivity contribution in [1.29, 1.82) is 0 Å². The number of alkyl halides is 1. The Kier molecular flexibility index (Phi) is 3.65. The lowest BCUT2D eigenvalue weighted by atomic mass is 9.91. The van der Waals surface area contributed by atoms with Gasteiger partial charge in [-0.3, -0.25) is 0 Å². The molecule has 0 bridgehead atoms. The van der Waals surface area contributed by atoms with E-state index >= 15 is 0 Å². The number of aryl methyl sites for hydroxylation is 1. The lowest BCUT2D eigenvalue weighted by molar-refractivity contribution is 0.362. The van der Waals surface area contributed by atoms with Crippen molar-refractivity contribution in [1.82, 2.24) is 0 Å². The van der Waals surface area contributed by atoms with Gasteiger partial charge in [0.15, 0.2) is 0 Å². The second kappa shape index (κ2) is 5.24. The van der Waals surface area contributed by atoms with Gasteiger partial charge >= 0.3 is 0 Å². The smallest absolute Gasteiger partial charge is 0.0410 e. The van der Waals surface area contributed by atoms with Crippen molar-refractivity contribution < 1.29 is 0 Å². The number of piperidine rings is 1. The van der Waals surface area contributed by atoms with Gasteiger partial charge in [-0.05, 0) is 50.2 Å². The zero-order valence-corrected chi connectivity index (χ0v) is 12.7. The highest BCUT2D eigenvalue weighted by Crippen LogP contribution is 2.40. The first-order valence-electron chi connectivity index (χ1n) is 7.21. The van der Waals surface area contributed by atoms with Crippen LogP contribution in [0.4, 0.5) is 5.69 Å². The van der Waals surface area contributed by atoms with Crippen molar-refractivity contribution in [3.05, 3.63) is 29.3 Å². The van der Waals surface area contributed by atoms with E-state index in [1.165, 1.54) is 55.5 Å². The normalized spacial score (nSPS) is 27.3. The quantitative estimate of drug-likeness (QED) is 0.718. The maximum absolute atomic E-state index is 3.66. The molecule has 0 radical (unpaired) electrons. The second-order valence-electron chi connectivity index (χ2n) is 5.86. The van der Waals surface area contributed by atoms with Gasteiger partial charge in [0.05, 0.1) is 0 Å². The summed E-state index contributed by atoms with van der Waals surface area (Å²) in [6, 6.07) is 7.76. The fourth-order valence-electron chi connectivity index (χ4n) is 3.85. The molecule has 1 aliphatic heterocycles. The molecule has 2 unspecified atom stereocenters. The molecular formula is C16H22BrN. The summed E-state index contributed by atoms with van der Waals surface area (Å²) in [6.07, 6.45) is 7.12. The highest BCUT2D eigenvalue weighted by Gasteiger charge is 2.35. The van der Waals surface area contributed by atoms with E-state index < -0.39 is 0 Å². The molecule has 3 rings (SSSR count). The van der Waals surface area contributed by atoms with Gasteiger partial charge in [-0.1, -0.05) is 40.0 Å². The van der Waals surface area contributed by atoms with Crippen LogP contribution in [0.25, 0.3) is 0 Å². The maximum Gasteiger partial charge on any atom is 0.0410 e. The summed E-state index contributed by atoms with van der Waals surface area (Å²) in [5.74, 6) is 0.961. The third-order valence-corrected chi connectivity index (χ3v) is 5.29. The Labute approximate surface area is 119 Å². The molecule has 0 N–H and O–H groups in total. The number of halogens is 1. The molecule has 98 valence electrons. The molecule has 1 saturated heterocycles. The molecule has 1 aromatic rings. The van der Waals surface area contributed by atoms with Crippen LogP contribution in [0.2, 0.25) is 0 Å². The van der Waals surface area contributed by atoms with Crippen LogP contribution in [-0.4, -0.2) is 12.6 Å². The third-order valence-electron chi connectivity index (χ3n) is 4.68. The summed E-state index contributed by atoms with van der Waals surface area (Å²) in [7, 11) is 0. The molecular weight excluding hydrogens is 286 g/mol. The predicted molar refractivity (Wildman–Crippen MR) is 81.5 cm³/mol. The summed E-state index contributed by atoms with van der Waals surface area (Å²) in [6.45, 7) is 3.44. The van der Waals surface area contributed by atoms with E-state index in [0.29, 0.717) is 0 Å². The molecule has 2 atom stereocenters. The first kappa shape index (κ1) is 12.5. The largest absolute Gasteiger partial charge is 0.368 e. The van der Waals surface area contributed by atoms with Crippen LogP contribution in [0.15, 0.2) is 18.2 Å². The van der Waals surface area contributed by atoms with Crippen LogP contribution in [0.1, 0.15) is 43.2 Å². The Hall–Kier alpha value is -0.500. The number of hydrogen-bond donors (Lipinski definition) is 0. The summed E-state index contributed by atoms with van der Waals surface area (Å²) >= 11 is 3.66. The first-order valence-corrected chi connectivity index (χ1v) is 8.34. The van der Waals surface area contributed by atoms with Crippen molar-refractivity contribution >= 4 is 21.6 Å². The first-order chi connectivity index (χ1) is 8.79. The maximum atomic E-state index is 3.66. The lowest BCUT2D eigenvalue weighted by Crippen LogP contribution is -2.43. The molecule has 1 aliphatic carbocycles. The van der Waals surface area contributed by atoms with Crippen LogP contribution < -0.4 is 4.90 Å². The molecule has 18 heavy (non-hydrogen) atoms. The van der Waals surface area contributed by atoms with Gasteiger partial charge in [0.25, 0.3) is 0 Å². The van der Waals surface area contributed by atoms with Gasteiger partial charge < -0.3 is 4.90 Å². The van der Waals surface area contributed by atoms with Crippen LogP contribution in [0, 0.1) is 12.8 Å². The predicted octanol–water partition coefficient (Wildman–Crippen LogP) is 4.66. The minimum atomic E-state index is 0.819. The molecule has 1 nitrogen and oxygen atoms in total. The van der Waals surface area contributed by atoms with Crippen molar-refractivity contribution in [2.24, 2.45) is 5.92 Å². The minimum Gasteiger partial charge on any atom is -0.368 e. The Bertz CT molecular complexity index is 429. The highest BCUT2D eigenvalue weighted by atomic mass is 79.9. The van der Waals surface area contributed by atoms with Crippen molar-refractivity contribution in [2.75, 3.05) is 11.4 Å². The van der Waals surface area contributed by atoms with Crippen molar-refractivity contribution in [2.45, 2.75) is 50.4 Å². The van der Waals surface area contributed by atoms with Gasteiger partial charge in [-0.15, -0.1) is 0 Å². The summed E-state index contributed by atoms with van der Waals surface area (Å²) in [4.78, 5) is 2.71. The molecule has 1 saturated carbocycles. The van der Waals surface area contributed by atoms with E-state index in [1.54, 1.807) is 0 Å². The minimum absolute atomic E-state index is 0.819. The average molecular weight is 308 g/mol. The Morgan fingerprint density at radius 1 is 1.22 bits per heavy atom. The second-order valence-corrected chi connectivity index (χ2v) is 6.42. The molecule has 1 heterocycles. The van der Waals surface area contributed by atoms with E-state index in [2.05, 4.69) is 46.0 Å². The number of hydrogen-bond acceptors (Lipinski definition) is 1. The number of fused-ring (bicyclic) bond motifs is 1. The molecule has 2 aliphatic rings. The van der Waals surface area contributed by atoms with E-state index in [-0.39, 0.29) is 0 Å². The van der Waals surface area contributed by atoms with Gasteiger partial charge in [0, 0.05) is 23.6 Å². The third kappa shape index (κ3) is 2.20. The fourth-order valence-corrected chi connectivity index (χ4v) is 4.30. The number of benzene rings is 1. The van der Waals surface area contributed by atoms with Crippen LogP contribution in [0.3, 0.4) is 0 Å². The topological polar surface area (TPSA) is 3.24 Å². The summed E-state index contributed by atoms with van der Waals surface area (Å²) in [5.41, 5.74) is 4.31. The zero-order chi connectivity index (χ0) is 12.5. The number of anilines is 1. The Morgan fingerprint density at radius 2 is 2.06 bits per heavy atom. The standard InChI is InChI=1S/C16H22BrN/c1-12-7-8-16(14(10-12)11-17)18-9-3-5-13-4-2-6-15(13)18/h7-8,10,13,15H,2-6,9,11H2,1H3. The molecule has 2 heteroatoms. The molecule has 1 aromatic carbocycles. The SMILES string of the molecule is Cc1ccc(N2CCCC3CCCC32)c(CBr)c1. The molecule has 0 amide bonds. The zero-order valence-electron chi connectivity index (χ0n) is 11.2. The average Bonchev–Trinajstić information content (AvgIpc) is 2.86. The van der Waals surface area contributed by atoms with Gasteiger partial charge in [0.1, 0.15) is 0 Å². The van der Waals surface area contributed by atoms with Crippen LogP contribution in [-0.2, 0) is 5.33 Å². The van der Waals surface area contributed by atoms with Crippen LogP contribution in [0.5, 0.6) is 0 Å². The highest BCUT2D eigenvalue weighted by molar-refractivity contribution is 9.08. The summed E-state index contributed by atoms with van der Waals surface area (Å²) in [5, 5.41) is 0.970. The number of nitrogens with zero attached hydrogens (tertiary/aromatic N) is 1. The molecule has 0 spiro atoms. The number of rotatable bonds is 2. The monoisotopic (exact) mass is 307 g/mol. The summed E-state index contributed by atoms with van der Waals surface area (Å²) < 4.78 is 0. The molecule has 2 fully saturated rings. The van der Waals surface area contributed by atoms with Crippen molar-refractivity contribution in [3.8, 4) is 0 Å². The van der Waals surface area contributed by atoms with Gasteiger partial charge in [-0.2, -0.15) is 0 Å².